The molecule has 2 rings (SSSR count). The Labute approximate surface area is 97.2 Å². The molecular weight excluding hydrogens is 225 g/mol. The Hall–Kier alpha value is -2.24. The molecule has 2 aromatic rings. The fourth-order valence-electron chi connectivity index (χ4n) is 1.61. The number of phenols is 1. The lowest BCUT2D eigenvalue weighted by atomic mass is 10.1. The van der Waals surface area contributed by atoms with Crippen molar-refractivity contribution in [3.63, 3.8) is 0 Å². The predicted molar refractivity (Wildman–Crippen MR) is 61.2 cm³/mol. The summed E-state index contributed by atoms with van der Waals surface area (Å²) in [5.41, 5.74) is 6.70. The molecule has 0 bridgehead atoms. The largest absolute Gasteiger partial charge is 0.504 e. The molecule has 0 aliphatic rings. The highest BCUT2D eigenvalue weighted by Crippen LogP contribution is 2.40. The van der Waals surface area contributed by atoms with Gasteiger partial charge in [0, 0.05) is 18.2 Å². The molecule has 0 radical (unpaired) electrons. The van der Waals surface area contributed by atoms with E-state index in [1.54, 1.807) is 7.05 Å². The zero-order valence-electron chi connectivity index (χ0n) is 9.44. The summed E-state index contributed by atoms with van der Waals surface area (Å²) in [6.07, 6.45) is 1.50. The number of hydrogen-bond donors (Lipinski definition) is 2. The average Bonchev–Trinajstić information content (AvgIpc) is 2.61. The topological polar surface area (TPSA) is 73.3 Å². The van der Waals surface area contributed by atoms with Crippen LogP contribution in [-0.2, 0) is 7.05 Å². The molecule has 1 aromatic heterocycles. The smallest absolute Gasteiger partial charge is 0.197 e. The van der Waals surface area contributed by atoms with Crippen LogP contribution in [-0.4, -0.2) is 22.0 Å². The molecule has 0 saturated heterocycles. The third-order valence-electron chi connectivity index (χ3n) is 2.56. The van der Waals surface area contributed by atoms with Crippen molar-refractivity contribution in [3.05, 3.63) is 24.1 Å². The SMILES string of the molecule is COc1c(F)ccc(-c2cnn(C)c2N)c1O. The van der Waals surface area contributed by atoms with E-state index < -0.39 is 5.82 Å². The van der Waals surface area contributed by atoms with Gasteiger partial charge in [-0.1, -0.05) is 0 Å². The minimum Gasteiger partial charge on any atom is -0.504 e. The molecule has 3 N–H and O–H groups in total. The molecule has 0 saturated carbocycles. The molecule has 0 fully saturated rings. The molecule has 0 unspecified atom stereocenters. The second-order valence-electron chi connectivity index (χ2n) is 3.54. The van der Waals surface area contributed by atoms with Crippen LogP contribution in [0.15, 0.2) is 18.3 Å². The van der Waals surface area contributed by atoms with E-state index in [4.69, 9.17) is 10.5 Å². The van der Waals surface area contributed by atoms with Crippen molar-refractivity contribution in [1.82, 2.24) is 9.78 Å². The lowest BCUT2D eigenvalue weighted by Gasteiger charge is -2.09. The first-order valence-corrected chi connectivity index (χ1v) is 4.89. The highest BCUT2D eigenvalue weighted by Gasteiger charge is 2.17. The van der Waals surface area contributed by atoms with Crippen LogP contribution in [0.4, 0.5) is 10.2 Å². The van der Waals surface area contributed by atoms with E-state index in [0.717, 1.165) is 0 Å². The molecule has 0 atom stereocenters. The Balaban J connectivity index is 2.65. The fraction of sp³-hybridized carbons (Fsp3) is 0.182. The second-order valence-corrected chi connectivity index (χ2v) is 3.54. The minimum atomic E-state index is -0.629. The van der Waals surface area contributed by atoms with Crippen LogP contribution < -0.4 is 10.5 Å². The maximum atomic E-state index is 13.3. The van der Waals surface area contributed by atoms with Crippen molar-refractivity contribution in [1.29, 1.82) is 0 Å². The first-order chi connectivity index (χ1) is 8.06. The van der Waals surface area contributed by atoms with Gasteiger partial charge < -0.3 is 15.6 Å². The third kappa shape index (κ3) is 1.67. The summed E-state index contributed by atoms with van der Waals surface area (Å²) in [4.78, 5) is 0. The summed E-state index contributed by atoms with van der Waals surface area (Å²) < 4.78 is 19.6. The normalized spacial score (nSPS) is 10.5. The van der Waals surface area contributed by atoms with Crippen LogP contribution in [0.2, 0.25) is 0 Å². The van der Waals surface area contributed by atoms with Crippen LogP contribution in [0.1, 0.15) is 0 Å². The van der Waals surface area contributed by atoms with Crippen molar-refractivity contribution < 1.29 is 14.2 Å². The number of ether oxygens (including phenoxy) is 1. The number of nitrogen functional groups attached to an aromatic ring is 1. The zero-order valence-corrected chi connectivity index (χ0v) is 9.44. The van der Waals surface area contributed by atoms with Gasteiger partial charge in [0.25, 0.3) is 0 Å². The Morgan fingerprint density at radius 2 is 2.12 bits per heavy atom. The van der Waals surface area contributed by atoms with Crippen LogP contribution in [0.25, 0.3) is 11.1 Å². The van der Waals surface area contributed by atoms with Gasteiger partial charge in [0.1, 0.15) is 5.82 Å². The Kier molecular flexibility index (Phi) is 2.63. The summed E-state index contributed by atoms with van der Waals surface area (Å²) in [6.45, 7) is 0. The summed E-state index contributed by atoms with van der Waals surface area (Å²) in [5, 5.41) is 13.9. The Morgan fingerprint density at radius 3 is 2.65 bits per heavy atom. The van der Waals surface area contributed by atoms with Gasteiger partial charge in [0.2, 0.25) is 0 Å². The lowest BCUT2D eigenvalue weighted by Crippen LogP contribution is -1.98. The number of methoxy groups -OCH3 is 1. The van der Waals surface area contributed by atoms with E-state index >= 15 is 0 Å². The van der Waals surface area contributed by atoms with Crippen LogP contribution >= 0.6 is 0 Å². The van der Waals surface area contributed by atoms with Crippen molar-refractivity contribution >= 4 is 5.82 Å². The molecule has 0 aliphatic carbocycles. The third-order valence-corrected chi connectivity index (χ3v) is 2.56. The summed E-state index contributed by atoms with van der Waals surface area (Å²) in [5.74, 6) is -0.733. The van der Waals surface area contributed by atoms with Gasteiger partial charge in [0.05, 0.1) is 13.3 Å². The van der Waals surface area contributed by atoms with Crippen molar-refractivity contribution in [3.8, 4) is 22.6 Å². The average molecular weight is 237 g/mol. The Morgan fingerprint density at radius 1 is 1.41 bits per heavy atom. The molecule has 90 valence electrons. The maximum absolute atomic E-state index is 13.3. The summed E-state index contributed by atoms with van der Waals surface area (Å²) >= 11 is 0. The van der Waals surface area contributed by atoms with E-state index in [9.17, 15) is 9.50 Å². The minimum absolute atomic E-state index is 0.203. The number of rotatable bonds is 2. The van der Waals surface area contributed by atoms with E-state index in [2.05, 4.69) is 5.10 Å². The highest BCUT2D eigenvalue weighted by atomic mass is 19.1. The van der Waals surface area contributed by atoms with Gasteiger partial charge in [-0.3, -0.25) is 4.68 Å². The van der Waals surface area contributed by atoms with Gasteiger partial charge in [-0.2, -0.15) is 5.10 Å². The Bertz CT molecular complexity index is 566. The predicted octanol–water partition coefficient (Wildman–Crippen LogP) is 1.52. The molecular formula is C11H12FN3O2. The standard InChI is InChI=1S/C11H12FN3O2/c1-15-11(13)7(5-14-15)6-3-4-8(12)10(17-2)9(6)16/h3-5,16H,13H2,1-2H3. The van der Waals surface area contributed by atoms with E-state index in [0.29, 0.717) is 16.9 Å². The number of hydrogen-bond acceptors (Lipinski definition) is 4. The van der Waals surface area contributed by atoms with Gasteiger partial charge in [-0.05, 0) is 12.1 Å². The van der Waals surface area contributed by atoms with Crippen molar-refractivity contribution in [2.45, 2.75) is 0 Å². The number of aromatic hydroxyl groups is 1. The first kappa shape index (κ1) is 11.3. The molecule has 5 nitrogen and oxygen atoms in total. The number of aryl methyl sites for hydroxylation is 1. The van der Waals surface area contributed by atoms with Crippen LogP contribution in [0.3, 0.4) is 0 Å². The van der Waals surface area contributed by atoms with E-state index in [1.165, 1.54) is 30.1 Å². The number of benzene rings is 1. The number of halogens is 1. The van der Waals surface area contributed by atoms with E-state index in [1.807, 2.05) is 0 Å². The van der Waals surface area contributed by atoms with E-state index in [-0.39, 0.29) is 11.5 Å². The molecule has 0 aliphatic heterocycles. The monoisotopic (exact) mass is 237 g/mol. The number of aromatic nitrogens is 2. The van der Waals surface area contributed by atoms with Gasteiger partial charge in [-0.15, -0.1) is 0 Å². The zero-order chi connectivity index (χ0) is 12.6. The fourth-order valence-corrected chi connectivity index (χ4v) is 1.61. The number of nitrogens with zero attached hydrogens (tertiary/aromatic N) is 2. The van der Waals surface area contributed by atoms with Gasteiger partial charge in [-0.25, -0.2) is 4.39 Å². The lowest BCUT2D eigenvalue weighted by molar-refractivity contribution is 0.352. The van der Waals surface area contributed by atoms with Crippen molar-refractivity contribution in [2.75, 3.05) is 12.8 Å². The molecule has 6 heteroatoms. The van der Waals surface area contributed by atoms with Crippen LogP contribution in [0.5, 0.6) is 11.5 Å². The maximum Gasteiger partial charge on any atom is 0.197 e. The molecule has 17 heavy (non-hydrogen) atoms. The van der Waals surface area contributed by atoms with Crippen LogP contribution in [0, 0.1) is 5.82 Å². The quantitative estimate of drug-likeness (QED) is 0.830. The highest BCUT2D eigenvalue weighted by molar-refractivity contribution is 5.80. The number of phenolic OH excluding ortho intramolecular Hbond substituents is 1. The molecule has 0 spiro atoms. The second kappa shape index (κ2) is 3.97. The van der Waals surface area contributed by atoms with Gasteiger partial charge in [0.15, 0.2) is 17.3 Å². The van der Waals surface area contributed by atoms with Gasteiger partial charge >= 0.3 is 0 Å². The number of nitrogens with two attached hydrogens (primary N) is 1. The summed E-state index contributed by atoms with van der Waals surface area (Å²) in [7, 11) is 2.96. The molecule has 1 aromatic carbocycles. The molecule has 0 amide bonds. The van der Waals surface area contributed by atoms with Crippen molar-refractivity contribution in [2.24, 2.45) is 7.05 Å². The molecule has 1 heterocycles. The summed E-state index contributed by atoms with van der Waals surface area (Å²) in [6, 6.07) is 2.64. The number of anilines is 1. The first-order valence-electron chi connectivity index (χ1n) is 4.89.